The molecule has 2 atom stereocenters. The molecule has 0 spiro atoms. The number of hydrogen-bond donors (Lipinski definition) is 2. The van der Waals surface area contributed by atoms with Crippen LogP contribution >= 0.6 is 0 Å². The molecule has 172 valence electrons. The minimum Gasteiger partial charge on any atom is -0.480 e. The minimum absolute atomic E-state index is 0.149. The van der Waals surface area contributed by atoms with Gasteiger partial charge in [0.15, 0.2) is 0 Å². The molecule has 1 aliphatic heterocycles. The van der Waals surface area contributed by atoms with Gasteiger partial charge in [0.2, 0.25) is 0 Å². The average Bonchev–Trinajstić information content (AvgIpc) is 2.98. The number of carboxylic acid groups (broad SMARTS) is 1. The Morgan fingerprint density at radius 2 is 1.84 bits per heavy atom. The highest BCUT2D eigenvalue weighted by atomic mass is 16.6. The van der Waals surface area contributed by atoms with Crippen molar-refractivity contribution in [1.29, 1.82) is 0 Å². The van der Waals surface area contributed by atoms with E-state index in [2.05, 4.69) is 6.58 Å². The van der Waals surface area contributed by atoms with Crippen LogP contribution in [0.2, 0.25) is 0 Å². The molecule has 1 fully saturated rings. The molecule has 1 aliphatic rings. The largest absolute Gasteiger partial charge is 0.480 e. The van der Waals surface area contributed by atoms with Crippen LogP contribution in [0.1, 0.15) is 45.2 Å². The molecule has 3 rings (SSSR count). The van der Waals surface area contributed by atoms with Gasteiger partial charge in [-0.15, -0.1) is 0 Å². The Morgan fingerprint density at radius 1 is 1.19 bits per heavy atom. The third kappa shape index (κ3) is 4.17. The fourth-order valence-electron chi connectivity index (χ4n) is 4.27. The van der Waals surface area contributed by atoms with Gasteiger partial charge in [0, 0.05) is 26.2 Å². The van der Waals surface area contributed by atoms with Gasteiger partial charge in [0.05, 0.1) is 6.54 Å². The molecular formula is C25H32N2O5. The summed E-state index contributed by atoms with van der Waals surface area (Å²) in [6.07, 6.45) is 0.866. The number of anilines is 1. The number of nitrogens with zero attached hydrogens (tertiary/aromatic N) is 2. The van der Waals surface area contributed by atoms with E-state index < -0.39 is 28.8 Å². The highest BCUT2D eigenvalue weighted by Gasteiger charge is 2.58. The van der Waals surface area contributed by atoms with E-state index in [4.69, 9.17) is 4.74 Å². The van der Waals surface area contributed by atoms with Crippen molar-refractivity contribution in [3.8, 4) is 0 Å². The second-order valence-electron chi connectivity index (χ2n) is 9.93. The number of fused-ring (bicyclic) bond motifs is 1. The Morgan fingerprint density at radius 3 is 2.38 bits per heavy atom. The van der Waals surface area contributed by atoms with Gasteiger partial charge < -0.3 is 19.8 Å². The Bertz CT molecular complexity index is 1090. The van der Waals surface area contributed by atoms with E-state index in [1.807, 2.05) is 43.3 Å². The Hall–Kier alpha value is -3.06. The zero-order chi connectivity index (χ0) is 24.1. The number of likely N-dealkylation sites (tertiary alicyclic amines) is 1. The first kappa shape index (κ1) is 23.6. The van der Waals surface area contributed by atoms with Gasteiger partial charge in [-0.2, -0.15) is 0 Å². The zero-order valence-electron chi connectivity index (χ0n) is 19.6. The molecule has 32 heavy (non-hydrogen) atoms. The number of ether oxygens (including phenoxy) is 1. The summed E-state index contributed by atoms with van der Waals surface area (Å²) in [6.45, 7) is 10.3. The molecule has 0 aliphatic carbocycles. The monoisotopic (exact) mass is 440 g/mol. The van der Waals surface area contributed by atoms with Crippen LogP contribution in [-0.2, 0) is 15.1 Å². The van der Waals surface area contributed by atoms with E-state index in [-0.39, 0.29) is 13.0 Å². The van der Waals surface area contributed by atoms with Gasteiger partial charge in [-0.1, -0.05) is 24.8 Å². The normalized spacial score (nSPS) is 23.3. The van der Waals surface area contributed by atoms with Crippen molar-refractivity contribution < 1.29 is 24.5 Å². The van der Waals surface area contributed by atoms with Crippen molar-refractivity contribution in [3.63, 3.8) is 0 Å². The smallest absolute Gasteiger partial charge is 0.411 e. The maximum Gasteiger partial charge on any atom is 0.411 e. The summed E-state index contributed by atoms with van der Waals surface area (Å²) in [5.74, 6) is -1.19. The number of carbonyl (C=O) groups is 2. The van der Waals surface area contributed by atoms with Crippen LogP contribution in [-0.4, -0.2) is 59.0 Å². The zero-order valence-corrected chi connectivity index (χ0v) is 19.6. The summed E-state index contributed by atoms with van der Waals surface area (Å²) in [4.78, 5) is 28.1. The number of carboxylic acids is 1. The molecular weight excluding hydrogens is 408 g/mol. The van der Waals surface area contributed by atoms with E-state index in [1.165, 1.54) is 6.92 Å². The number of rotatable bonds is 4. The van der Waals surface area contributed by atoms with Gasteiger partial charge in [-0.05, 0) is 67.8 Å². The summed E-state index contributed by atoms with van der Waals surface area (Å²) in [5, 5.41) is 23.3. The minimum atomic E-state index is -1.60. The summed E-state index contributed by atoms with van der Waals surface area (Å²) in [7, 11) is 3.92. The van der Waals surface area contributed by atoms with Crippen LogP contribution in [0, 0.1) is 0 Å². The number of amides is 1. The van der Waals surface area contributed by atoms with E-state index in [9.17, 15) is 19.8 Å². The predicted molar refractivity (Wildman–Crippen MR) is 126 cm³/mol. The van der Waals surface area contributed by atoms with Crippen molar-refractivity contribution in [2.45, 2.75) is 50.9 Å². The molecule has 7 nitrogen and oxygen atoms in total. The second-order valence-corrected chi connectivity index (χ2v) is 9.93. The Kier molecular flexibility index (Phi) is 5.76. The lowest BCUT2D eigenvalue weighted by atomic mass is 9.85. The molecule has 2 N–H and O–H groups in total. The number of carbonyl (C=O) groups excluding carboxylic acids is 1. The van der Waals surface area contributed by atoms with Gasteiger partial charge in [0.25, 0.3) is 0 Å². The highest BCUT2D eigenvalue weighted by Crippen LogP contribution is 2.44. The molecule has 1 amide bonds. The van der Waals surface area contributed by atoms with Crippen molar-refractivity contribution >= 4 is 34.6 Å². The van der Waals surface area contributed by atoms with Gasteiger partial charge in [-0.3, -0.25) is 4.90 Å². The standard InChI is InChI=1S/C25H32N2O5/c1-8-16-11-18-12-19(10-9-17(18)13-20(16)26(6)7)25(31)14-24(5,21(28)29)27(15-25)22(30)32-23(2,3)4/h8-13,31H,1,14-15H2,2-7H3,(H,28,29)/t24-,25-/m0/s1. The molecule has 0 radical (unpaired) electrons. The number of aliphatic carboxylic acids is 1. The molecule has 1 heterocycles. The second kappa shape index (κ2) is 7.81. The molecule has 0 bridgehead atoms. The van der Waals surface area contributed by atoms with Crippen LogP contribution in [0.15, 0.2) is 36.9 Å². The maximum atomic E-state index is 12.8. The first-order chi connectivity index (χ1) is 14.7. The van der Waals surface area contributed by atoms with Crippen molar-refractivity contribution in [3.05, 3.63) is 48.0 Å². The van der Waals surface area contributed by atoms with E-state index in [1.54, 1.807) is 32.9 Å². The first-order valence-corrected chi connectivity index (χ1v) is 10.5. The fourth-order valence-corrected chi connectivity index (χ4v) is 4.27. The quantitative estimate of drug-likeness (QED) is 0.740. The maximum absolute atomic E-state index is 12.8. The number of β-amino-alcohol motifs (C(OH)–C–C–N with tert-alkyl or cyclic N) is 1. The third-order valence-electron chi connectivity index (χ3n) is 5.95. The lowest BCUT2D eigenvalue weighted by Gasteiger charge is -2.32. The highest BCUT2D eigenvalue weighted by molar-refractivity contribution is 5.91. The lowest BCUT2D eigenvalue weighted by Crippen LogP contribution is -2.52. The SMILES string of the molecule is C=Cc1cc2cc([C@@]3(O)CN(C(=O)OC(C)(C)C)[C@](C)(C(=O)O)C3)ccc2cc1N(C)C. The van der Waals surface area contributed by atoms with E-state index in [0.717, 1.165) is 26.9 Å². The van der Waals surface area contributed by atoms with E-state index >= 15 is 0 Å². The third-order valence-corrected chi connectivity index (χ3v) is 5.95. The summed E-state index contributed by atoms with van der Waals surface area (Å²) in [5.41, 5.74) is -1.40. The lowest BCUT2D eigenvalue weighted by molar-refractivity contribution is -0.148. The van der Waals surface area contributed by atoms with Crippen LogP contribution in [0.4, 0.5) is 10.5 Å². The van der Waals surface area contributed by atoms with E-state index in [0.29, 0.717) is 5.56 Å². The molecule has 2 aromatic rings. The number of benzene rings is 2. The van der Waals surface area contributed by atoms with Crippen LogP contribution in [0.3, 0.4) is 0 Å². The van der Waals surface area contributed by atoms with Crippen molar-refractivity contribution in [2.75, 3.05) is 25.5 Å². The Labute approximate surface area is 188 Å². The predicted octanol–water partition coefficient (Wildman–Crippen LogP) is 4.22. The summed E-state index contributed by atoms with van der Waals surface area (Å²) < 4.78 is 5.43. The molecule has 1 saturated heterocycles. The van der Waals surface area contributed by atoms with Crippen molar-refractivity contribution in [1.82, 2.24) is 4.90 Å². The molecule has 7 heteroatoms. The summed E-state index contributed by atoms with van der Waals surface area (Å²) >= 11 is 0. The molecule has 0 unspecified atom stereocenters. The number of hydrogen-bond acceptors (Lipinski definition) is 5. The first-order valence-electron chi connectivity index (χ1n) is 10.5. The average molecular weight is 441 g/mol. The van der Waals surface area contributed by atoms with Gasteiger partial charge in [-0.25, -0.2) is 9.59 Å². The van der Waals surface area contributed by atoms with Crippen LogP contribution in [0.5, 0.6) is 0 Å². The topological polar surface area (TPSA) is 90.3 Å². The van der Waals surface area contributed by atoms with Crippen LogP contribution in [0.25, 0.3) is 16.8 Å². The van der Waals surface area contributed by atoms with Crippen molar-refractivity contribution in [2.24, 2.45) is 0 Å². The summed E-state index contributed by atoms with van der Waals surface area (Å²) in [6, 6.07) is 9.57. The Balaban J connectivity index is 2.06. The molecule has 0 aromatic heterocycles. The fraction of sp³-hybridized carbons (Fsp3) is 0.440. The molecule has 2 aromatic carbocycles. The van der Waals surface area contributed by atoms with Gasteiger partial charge >= 0.3 is 12.1 Å². The molecule has 0 saturated carbocycles. The number of aliphatic hydroxyl groups is 1. The van der Waals surface area contributed by atoms with Gasteiger partial charge in [0.1, 0.15) is 16.7 Å². The van der Waals surface area contributed by atoms with Crippen LogP contribution < -0.4 is 4.90 Å².